The molecule has 0 aliphatic rings. The molecule has 0 amide bonds. The van der Waals surface area contributed by atoms with Gasteiger partial charge in [0, 0.05) is 21.2 Å². The van der Waals surface area contributed by atoms with E-state index in [0.717, 1.165) is 25.5 Å². The highest BCUT2D eigenvalue weighted by Crippen LogP contribution is 2.33. The van der Waals surface area contributed by atoms with Crippen molar-refractivity contribution in [3.8, 4) is 10.6 Å². The normalized spacial score (nSPS) is 11.6. The molecule has 0 aliphatic carbocycles. The van der Waals surface area contributed by atoms with E-state index in [4.69, 9.17) is 0 Å². The molecular weight excluding hydrogens is 398 g/mol. The molecule has 3 aromatic rings. The van der Waals surface area contributed by atoms with Crippen molar-refractivity contribution in [2.24, 2.45) is 0 Å². The van der Waals surface area contributed by atoms with Crippen LogP contribution in [0, 0.1) is 13.8 Å². The summed E-state index contributed by atoms with van der Waals surface area (Å²) in [5, 5.41) is 6.75. The molecule has 0 saturated heterocycles. The lowest BCUT2D eigenvalue weighted by Crippen LogP contribution is -2.13. The van der Waals surface area contributed by atoms with Crippen molar-refractivity contribution in [2.45, 2.75) is 18.7 Å². The second-order valence-corrected chi connectivity index (χ2v) is 8.83. The molecule has 2 heterocycles. The zero-order valence-corrected chi connectivity index (χ0v) is 15.6. The molecule has 0 radical (unpaired) electrons. The number of benzene rings is 1. The van der Waals surface area contributed by atoms with Crippen LogP contribution in [-0.4, -0.2) is 18.6 Å². The molecule has 3 rings (SSSR count). The molecule has 0 bridgehead atoms. The van der Waals surface area contributed by atoms with Crippen molar-refractivity contribution in [1.82, 2.24) is 10.2 Å². The first kappa shape index (κ1) is 16.2. The molecule has 0 unspecified atom stereocenters. The zero-order chi connectivity index (χ0) is 16.6. The van der Waals surface area contributed by atoms with Crippen molar-refractivity contribution in [3.05, 3.63) is 51.4 Å². The fraction of sp³-hybridized carbons (Fsp3) is 0.133. The number of hydrogen-bond acceptors (Lipinski definition) is 4. The lowest BCUT2D eigenvalue weighted by atomic mass is 10.2. The molecule has 0 fully saturated rings. The number of thiophene rings is 1. The fourth-order valence-corrected chi connectivity index (χ4v) is 5.04. The topological polar surface area (TPSA) is 74.8 Å². The third kappa shape index (κ3) is 3.34. The summed E-state index contributed by atoms with van der Waals surface area (Å²) in [7, 11) is -3.63. The molecule has 2 aromatic heterocycles. The van der Waals surface area contributed by atoms with E-state index in [1.165, 1.54) is 11.3 Å². The molecule has 2 N–H and O–H groups in total. The number of aryl methyl sites for hydroxylation is 2. The Balaban J connectivity index is 1.95. The smallest absolute Gasteiger partial charge is 0.263 e. The van der Waals surface area contributed by atoms with Crippen LogP contribution in [0.2, 0.25) is 0 Å². The van der Waals surface area contributed by atoms with Crippen LogP contribution in [0.4, 0.5) is 5.69 Å². The Morgan fingerprint density at radius 2 is 2.00 bits per heavy atom. The maximum atomic E-state index is 12.7. The van der Waals surface area contributed by atoms with Gasteiger partial charge in [-0.2, -0.15) is 5.10 Å². The number of nitrogens with one attached hydrogen (secondary N) is 2. The van der Waals surface area contributed by atoms with Crippen LogP contribution in [0.1, 0.15) is 10.4 Å². The quantitative estimate of drug-likeness (QED) is 0.670. The third-order valence-electron chi connectivity index (χ3n) is 3.34. The highest BCUT2D eigenvalue weighted by molar-refractivity contribution is 9.10. The molecular formula is C15H14BrN3O2S2. The molecule has 0 spiro atoms. The minimum atomic E-state index is -3.63. The molecule has 1 aromatic carbocycles. The van der Waals surface area contributed by atoms with Crippen LogP contribution in [-0.2, 0) is 10.0 Å². The number of aromatic nitrogens is 2. The molecule has 0 atom stereocenters. The summed E-state index contributed by atoms with van der Waals surface area (Å²) >= 11 is 4.82. The summed E-state index contributed by atoms with van der Waals surface area (Å²) < 4.78 is 28.9. The van der Waals surface area contributed by atoms with Gasteiger partial charge in [0.15, 0.2) is 0 Å². The lowest BCUT2D eigenvalue weighted by Gasteiger charge is -2.09. The van der Waals surface area contributed by atoms with Crippen LogP contribution in [0.15, 0.2) is 45.9 Å². The molecule has 120 valence electrons. The maximum Gasteiger partial charge on any atom is 0.263 e. The van der Waals surface area contributed by atoms with Crippen LogP contribution < -0.4 is 4.72 Å². The van der Waals surface area contributed by atoms with Crippen LogP contribution in [0.5, 0.6) is 0 Å². The Morgan fingerprint density at radius 3 is 2.65 bits per heavy atom. The highest BCUT2D eigenvalue weighted by Gasteiger charge is 2.21. The monoisotopic (exact) mass is 411 g/mol. The average Bonchev–Trinajstić information content (AvgIpc) is 3.11. The first-order valence-corrected chi connectivity index (χ1v) is 9.85. The maximum absolute atomic E-state index is 12.7. The van der Waals surface area contributed by atoms with Gasteiger partial charge in [-0.15, -0.1) is 11.3 Å². The summed E-state index contributed by atoms with van der Waals surface area (Å²) in [6.07, 6.45) is 1.64. The number of hydrogen-bond donors (Lipinski definition) is 2. The second kappa shape index (κ2) is 6.10. The van der Waals surface area contributed by atoms with E-state index in [-0.39, 0.29) is 4.90 Å². The van der Waals surface area contributed by atoms with Gasteiger partial charge in [-0.1, -0.05) is 15.9 Å². The number of halogens is 1. The number of rotatable bonds is 4. The van der Waals surface area contributed by atoms with Gasteiger partial charge in [0.1, 0.15) is 4.90 Å². The molecule has 0 saturated carbocycles. The molecule has 8 heteroatoms. The van der Waals surface area contributed by atoms with Crippen molar-refractivity contribution < 1.29 is 8.42 Å². The molecule has 0 aliphatic heterocycles. The van der Waals surface area contributed by atoms with Crippen LogP contribution in [0.3, 0.4) is 0 Å². The lowest BCUT2D eigenvalue weighted by molar-refractivity contribution is 0.601. The Bertz CT molecular complexity index is 947. The van der Waals surface area contributed by atoms with E-state index in [1.807, 2.05) is 19.1 Å². The highest BCUT2D eigenvalue weighted by atomic mass is 79.9. The predicted octanol–water partition coefficient (Wildman–Crippen LogP) is 4.32. The largest absolute Gasteiger partial charge is 0.280 e. The van der Waals surface area contributed by atoms with Gasteiger partial charge in [-0.25, -0.2) is 8.42 Å². The van der Waals surface area contributed by atoms with E-state index < -0.39 is 10.0 Å². The Kier molecular flexibility index (Phi) is 4.31. The number of sulfonamides is 1. The predicted molar refractivity (Wildman–Crippen MR) is 96.3 cm³/mol. The SMILES string of the molecule is Cc1cc(NS(=O)(=O)c2cc(-c3ccn[nH]3)sc2C)ccc1Br. The molecule has 5 nitrogen and oxygen atoms in total. The third-order valence-corrected chi connectivity index (χ3v) is 6.95. The number of aromatic amines is 1. The summed E-state index contributed by atoms with van der Waals surface area (Å²) in [6.45, 7) is 3.71. The number of anilines is 1. The van der Waals surface area contributed by atoms with Gasteiger partial charge in [0.25, 0.3) is 10.0 Å². The van der Waals surface area contributed by atoms with Crippen molar-refractivity contribution >= 4 is 43.0 Å². The first-order chi connectivity index (χ1) is 10.9. The van der Waals surface area contributed by atoms with Crippen molar-refractivity contribution in [2.75, 3.05) is 4.72 Å². The Labute approximate surface area is 146 Å². The van der Waals surface area contributed by atoms with E-state index in [0.29, 0.717) is 5.69 Å². The summed E-state index contributed by atoms with van der Waals surface area (Å²) in [5.41, 5.74) is 2.31. The van der Waals surface area contributed by atoms with Gasteiger partial charge in [-0.3, -0.25) is 9.82 Å². The van der Waals surface area contributed by atoms with E-state index in [1.54, 1.807) is 31.3 Å². The Hall–Kier alpha value is -1.64. The summed E-state index contributed by atoms with van der Waals surface area (Å²) in [5.74, 6) is 0. The second-order valence-electron chi connectivity index (χ2n) is 5.07. The van der Waals surface area contributed by atoms with Crippen LogP contribution >= 0.6 is 27.3 Å². The van der Waals surface area contributed by atoms with Crippen molar-refractivity contribution in [1.29, 1.82) is 0 Å². The standard InChI is InChI=1S/C15H14BrN3O2S2/c1-9-7-11(3-4-12(9)16)19-23(20,21)15-8-14(22-10(15)2)13-5-6-17-18-13/h3-8,19H,1-2H3,(H,17,18). The van der Waals surface area contributed by atoms with Crippen molar-refractivity contribution in [3.63, 3.8) is 0 Å². The number of H-pyrrole nitrogens is 1. The first-order valence-electron chi connectivity index (χ1n) is 6.76. The Morgan fingerprint density at radius 1 is 1.22 bits per heavy atom. The molecule has 23 heavy (non-hydrogen) atoms. The van der Waals surface area contributed by atoms with E-state index >= 15 is 0 Å². The minimum Gasteiger partial charge on any atom is -0.280 e. The van der Waals surface area contributed by atoms with E-state index in [2.05, 4.69) is 30.8 Å². The zero-order valence-electron chi connectivity index (χ0n) is 12.4. The average molecular weight is 412 g/mol. The van der Waals surface area contributed by atoms with Gasteiger partial charge < -0.3 is 0 Å². The van der Waals surface area contributed by atoms with Gasteiger partial charge in [0.2, 0.25) is 0 Å². The number of nitrogens with zero attached hydrogens (tertiary/aromatic N) is 1. The van der Waals surface area contributed by atoms with Crippen LogP contribution in [0.25, 0.3) is 10.6 Å². The summed E-state index contributed by atoms with van der Waals surface area (Å²) in [6, 6.07) is 8.82. The van der Waals surface area contributed by atoms with E-state index in [9.17, 15) is 8.42 Å². The van der Waals surface area contributed by atoms with Gasteiger partial charge in [0.05, 0.1) is 10.6 Å². The minimum absolute atomic E-state index is 0.285. The fourth-order valence-electron chi connectivity index (χ4n) is 2.18. The van der Waals surface area contributed by atoms with Gasteiger partial charge >= 0.3 is 0 Å². The summed E-state index contributed by atoms with van der Waals surface area (Å²) in [4.78, 5) is 1.86. The van der Waals surface area contributed by atoms with Gasteiger partial charge in [-0.05, 0) is 49.7 Å².